The molecule has 1 aromatic carbocycles. The number of aromatic nitrogens is 2. The molecule has 30 heavy (non-hydrogen) atoms. The molecule has 6 nitrogen and oxygen atoms in total. The predicted molar refractivity (Wildman–Crippen MR) is 118 cm³/mol. The van der Waals surface area contributed by atoms with Gasteiger partial charge in [-0.15, -0.1) is 6.58 Å². The minimum atomic E-state index is -1.33. The highest BCUT2D eigenvalue weighted by Crippen LogP contribution is 2.39. The van der Waals surface area contributed by atoms with E-state index in [1.807, 2.05) is 38.1 Å². The van der Waals surface area contributed by atoms with Gasteiger partial charge in [-0.05, 0) is 26.3 Å². The van der Waals surface area contributed by atoms with E-state index < -0.39 is 5.72 Å². The maximum atomic E-state index is 13.6. The highest BCUT2D eigenvalue weighted by atomic mass is 16.5. The van der Waals surface area contributed by atoms with Crippen LogP contribution in [-0.4, -0.2) is 38.2 Å². The Bertz CT molecular complexity index is 818. The van der Waals surface area contributed by atoms with Crippen LogP contribution in [0.1, 0.15) is 57.8 Å². The summed E-state index contributed by atoms with van der Waals surface area (Å²) in [6.07, 6.45) is 8.19. The number of nitrogens with zero attached hydrogens (tertiary/aromatic N) is 3. The van der Waals surface area contributed by atoms with Gasteiger partial charge >= 0.3 is 0 Å². The summed E-state index contributed by atoms with van der Waals surface area (Å²) in [6.45, 7) is 11.6. The van der Waals surface area contributed by atoms with Crippen molar-refractivity contribution in [2.45, 2.75) is 58.7 Å². The molecule has 3 rings (SSSR count). The zero-order valence-electron chi connectivity index (χ0n) is 18.4. The Kier molecular flexibility index (Phi) is 8.54. The van der Waals surface area contributed by atoms with Crippen LogP contribution in [0.4, 0.5) is 0 Å². The largest absolute Gasteiger partial charge is 0.493 e. The van der Waals surface area contributed by atoms with Crippen LogP contribution in [0.5, 0.6) is 5.75 Å². The van der Waals surface area contributed by atoms with Crippen molar-refractivity contribution >= 4 is 5.91 Å². The topological polar surface area (TPSA) is 75.6 Å². The van der Waals surface area contributed by atoms with E-state index >= 15 is 0 Å². The molecular formula is C24H33N3O3. The van der Waals surface area contributed by atoms with E-state index in [1.54, 1.807) is 43.4 Å². The lowest BCUT2D eigenvalue weighted by atomic mass is 9.92. The van der Waals surface area contributed by atoms with Gasteiger partial charge in [0.2, 0.25) is 5.91 Å². The summed E-state index contributed by atoms with van der Waals surface area (Å²) in [4.78, 5) is 23.6. The first-order valence-electron chi connectivity index (χ1n) is 10.5. The number of amides is 1. The van der Waals surface area contributed by atoms with Crippen molar-refractivity contribution in [1.82, 2.24) is 14.9 Å². The van der Waals surface area contributed by atoms with Gasteiger partial charge in [0.15, 0.2) is 0 Å². The Morgan fingerprint density at radius 1 is 1.37 bits per heavy atom. The Hall–Kier alpha value is -2.73. The second kappa shape index (κ2) is 10.9. The summed E-state index contributed by atoms with van der Waals surface area (Å²) in [7, 11) is 0. The molecule has 1 N–H and O–H groups in total. The molecule has 1 aliphatic heterocycles. The van der Waals surface area contributed by atoms with Crippen LogP contribution in [-0.2, 0) is 11.2 Å². The predicted octanol–water partition coefficient (Wildman–Crippen LogP) is 4.32. The molecule has 2 aromatic rings. The van der Waals surface area contributed by atoms with Crippen molar-refractivity contribution < 1.29 is 14.6 Å². The Morgan fingerprint density at radius 2 is 2.10 bits per heavy atom. The SMILES string of the molecule is C=CC[C@@H](Cc1cnccn1)C(=O)N([C@@H]1CCOc2ccccc21)C(C)(C)O.CC. The summed E-state index contributed by atoms with van der Waals surface area (Å²) in [6, 6.07) is 7.43. The zero-order valence-corrected chi connectivity index (χ0v) is 18.4. The quantitative estimate of drug-likeness (QED) is 0.542. The number of allylic oxidation sites excluding steroid dienone is 1. The Morgan fingerprint density at radius 3 is 2.73 bits per heavy atom. The Labute approximate surface area is 179 Å². The number of benzene rings is 1. The van der Waals surface area contributed by atoms with Gasteiger partial charge in [0.1, 0.15) is 11.5 Å². The lowest BCUT2D eigenvalue weighted by molar-refractivity contribution is -0.166. The van der Waals surface area contributed by atoms with Crippen molar-refractivity contribution in [2.24, 2.45) is 5.92 Å². The fraction of sp³-hybridized carbons (Fsp3) is 0.458. The molecular weight excluding hydrogens is 378 g/mol. The third-order valence-corrected chi connectivity index (χ3v) is 4.94. The van der Waals surface area contributed by atoms with Crippen LogP contribution >= 0.6 is 0 Å². The highest BCUT2D eigenvalue weighted by molar-refractivity contribution is 5.80. The van der Waals surface area contributed by atoms with Crippen LogP contribution in [0, 0.1) is 5.92 Å². The maximum Gasteiger partial charge on any atom is 0.229 e. The number of aliphatic hydroxyl groups is 1. The molecule has 162 valence electrons. The molecule has 0 radical (unpaired) electrons. The van der Waals surface area contributed by atoms with Crippen LogP contribution in [0.3, 0.4) is 0 Å². The molecule has 0 saturated carbocycles. The average Bonchev–Trinajstić information content (AvgIpc) is 2.75. The minimum Gasteiger partial charge on any atom is -0.493 e. The van der Waals surface area contributed by atoms with E-state index in [2.05, 4.69) is 16.5 Å². The second-order valence-corrected chi connectivity index (χ2v) is 7.52. The van der Waals surface area contributed by atoms with Crippen molar-refractivity contribution in [2.75, 3.05) is 6.61 Å². The summed E-state index contributed by atoms with van der Waals surface area (Å²) >= 11 is 0. The van der Waals surface area contributed by atoms with Crippen LogP contribution in [0.25, 0.3) is 0 Å². The van der Waals surface area contributed by atoms with E-state index in [0.717, 1.165) is 17.0 Å². The minimum absolute atomic E-state index is 0.125. The first kappa shape index (κ1) is 23.5. The molecule has 0 spiro atoms. The molecule has 0 fully saturated rings. The van der Waals surface area contributed by atoms with E-state index in [-0.39, 0.29) is 17.9 Å². The third kappa shape index (κ3) is 5.66. The number of carbonyl (C=O) groups excluding carboxylic acids is 1. The van der Waals surface area contributed by atoms with E-state index in [1.165, 1.54) is 0 Å². The molecule has 1 aliphatic rings. The monoisotopic (exact) mass is 411 g/mol. The van der Waals surface area contributed by atoms with Gasteiger partial charge in [-0.3, -0.25) is 14.8 Å². The van der Waals surface area contributed by atoms with Crippen molar-refractivity contribution in [3.63, 3.8) is 0 Å². The fourth-order valence-electron chi connectivity index (χ4n) is 3.75. The average molecular weight is 412 g/mol. The first-order valence-corrected chi connectivity index (χ1v) is 10.5. The number of rotatable bonds is 7. The number of fused-ring (bicyclic) bond motifs is 1. The molecule has 2 heterocycles. The number of carbonyl (C=O) groups is 1. The highest BCUT2D eigenvalue weighted by Gasteiger charge is 2.40. The Balaban J connectivity index is 0.00000155. The molecule has 0 unspecified atom stereocenters. The first-order chi connectivity index (χ1) is 14.4. The van der Waals surface area contributed by atoms with Crippen molar-refractivity contribution in [1.29, 1.82) is 0 Å². The fourth-order valence-corrected chi connectivity index (χ4v) is 3.75. The van der Waals surface area contributed by atoms with Crippen molar-refractivity contribution in [3.8, 4) is 5.75 Å². The normalized spacial score (nSPS) is 16.2. The maximum absolute atomic E-state index is 13.6. The van der Waals surface area contributed by atoms with Gasteiger partial charge < -0.3 is 14.7 Å². The number of para-hydroxylation sites is 1. The molecule has 1 amide bonds. The van der Waals surface area contributed by atoms with Gasteiger partial charge in [-0.2, -0.15) is 0 Å². The van der Waals surface area contributed by atoms with Gasteiger partial charge in [0, 0.05) is 42.9 Å². The summed E-state index contributed by atoms with van der Waals surface area (Å²) < 4.78 is 5.75. The lowest BCUT2D eigenvalue weighted by Gasteiger charge is -2.44. The third-order valence-electron chi connectivity index (χ3n) is 4.94. The van der Waals surface area contributed by atoms with Crippen LogP contribution in [0.2, 0.25) is 0 Å². The summed E-state index contributed by atoms with van der Waals surface area (Å²) in [5.74, 6) is 0.255. The summed E-state index contributed by atoms with van der Waals surface area (Å²) in [5.41, 5.74) is 0.334. The van der Waals surface area contributed by atoms with Gasteiger partial charge in [0.05, 0.1) is 18.3 Å². The van der Waals surface area contributed by atoms with E-state index in [4.69, 9.17) is 4.74 Å². The standard InChI is InChI=1S/C22H27N3O3.C2H6/c1-4-7-16(14-17-15-23-11-12-24-17)21(26)25(22(2,3)27)19-10-13-28-20-9-6-5-8-18(19)20;1-2/h4-6,8-9,11-12,15-16,19,27H,1,7,10,13-14H2,2-3H3;1-2H3/t16-,19+;/m0./s1. The van der Waals surface area contributed by atoms with E-state index in [0.29, 0.717) is 25.9 Å². The molecule has 2 atom stereocenters. The number of hydrogen-bond donors (Lipinski definition) is 1. The lowest BCUT2D eigenvalue weighted by Crippen LogP contribution is -2.53. The molecule has 1 aromatic heterocycles. The molecule has 0 saturated heterocycles. The molecule has 0 aliphatic carbocycles. The van der Waals surface area contributed by atoms with Crippen LogP contribution in [0.15, 0.2) is 55.5 Å². The van der Waals surface area contributed by atoms with Crippen molar-refractivity contribution in [3.05, 3.63) is 66.8 Å². The number of ether oxygens (including phenoxy) is 1. The van der Waals surface area contributed by atoms with Gasteiger partial charge in [0.25, 0.3) is 0 Å². The second-order valence-electron chi connectivity index (χ2n) is 7.52. The van der Waals surface area contributed by atoms with Crippen LogP contribution < -0.4 is 4.74 Å². The number of hydrogen-bond acceptors (Lipinski definition) is 5. The van der Waals surface area contributed by atoms with E-state index in [9.17, 15) is 9.90 Å². The molecule has 0 bridgehead atoms. The van der Waals surface area contributed by atoms with Gasteiger partial charge in [-0.1, -0.05) is 38.1 Å². The van der Waals surface area contributed by atoms with Gasteiger partial charge in [-0.25, -0.2) is 0 Å². The molecule has 6 heteroatoms. The summed E-state index contributed by atoms with van der Waals surface area (Å²) in [5, 5.41) is 10.9. The smallest absolute Gasteiger partial charge is 0.229 e. The zero-order chi connectivity index (χ0) is 22.1.